The highest BCUT2D eigenvalue weighted by atomic mass is 35.5. The zero-order valence-electron chi connectivity index (χ0n) is 13.9. The summed E-state index contributed by atoms with van der Waals surface area (Å²) in [6.45, 7) is 2.70. The lowest BCUT2D eigenvalue weighted by molar-refractivity contribution is 0.0431. The summed E-state index contributed by atoms with van der Waals surface area (Å²) in [5.74, 6) is 0.843. The number of benzene rings is 2. The van der Waals surface area contributed by atoms with Crippen LogP contribution in [0.2, 0.25) is 5.02 Å². The first-order valence-corrected chi connectivity index (χ1v) is 8.87. The number of hydrogen-bond acceptors (Lipinski definition) is 3. The van der Waals surface area contributed by atoms with Gasteiger partial charge in [0.25, 0.3) is 0 Å². The van der Waals surface area contributed by atoms with Gasteiger partial charge in [-0.05, 0) is 54.7 Å². The number of fused-ring (bicyclic) bond motifs is 1. The summed E-state index contributed by atoms with van der Waals surface area (Å²) >= 11 is 6.26. The smallest absolute Gasteiger partial charge is 0.124 e. The highest BCUT2D eigenvalue weighted by Crippen LogP contribution is 2.38. The van der Waals surface area contributed by atoms with Crippen molar-refractivity contribution in [3.8, 4) is 5.75 Å². The minimum atomic E-state index is -0.0694. The fourth-order valence-electron chi connectivity index (χ4n) is 3.28. The number of aliphatic hydroxyl groups excluding tert-OH is 1. The van der Waals surface area contributed by atoms with E-state index in [2.05, 4.69) is 6.07 Å². The van der Waals surface area contributed by atoms with Crippen molar-refractivity contribution in [3.63, 3.8) is 0 Å². The molecule has 0 saturated heterocycles. The van der Waals surface area contributed by atoms with Gasteiger partial charge in [-0.3, -0.25) is 0 Å². The zero-order valence-corrected chi connectivity index (χ0v) is 14.6. The van der Waals surface area contributed by atoms with Crippen LogP contribution in [-0.2, 0) is 11.2 Å². The van der Waals surface area contributed by atoms with Crippen LogP contribution in [0.4, 0.5) is 0 Å². The lowest BCUT2D eigenvalue weighted by Gasteiger charge is -2.18. The molecular weight excluding hydrogens is 324 g/mol. The van der Waals surface area contributed by atoms with Gasteiger partial charge >= 0.3 is 0 Å². The van der Waals surface area contributed by atoms with Crippen molar-refractivity contribution >= 4 is 11.6 Å². The molecule has 3 nitrogen and oxygen atoms in total. The Balaban J connectivity index is 1.70. The monoisotopic (exact) mass is 346 g/mol. The molecule has 2 aromatic rings. The lowest BCUT2D eigenvalue weighted by Crippen LogP contribution is -2.07. The van der Waals surface area contributed by atoms with Crippen molar-refractivity contribution in [1.82, 2.24) is 0 Å². The van der Waals surface area contributed by atoms with Crippen LogP contribution < -0.4 is 4.74 Å². The van der Waals surface area contributed by atoms with Crippen LogP contribution in [0.3, 0.4) is 0 Å². The number of aliphatic hydroxyl groups is 1. The van der Waals surface area contributed by atoms with Crippen LogP contribution in [0.1, 0.15) is 48.7 Å². The summed E-state index contributed by atoms with van der Waals surface area (Å²) in [6, 6.07) is 14.0. The van der Waals surface area contributed by atoms with E-state index in [0.29, 0.717) is 13.0 Å². The molecule has 4 heteroatoms. The Morgan fingerprint density at radius 1 is 1.21 bits per heavy atom. The fourth-order valence-corrected chi connectivity index (χ4v) is 3.56. The molecule has 24 heavy (non-hydrogen) atoms. The second kappa shape index (κ2) is 8.02. The van der Waals surface area contributed by atoms with Crippen LogP contribution in [0, 0.1) is 0 Å². The topological polar surface area (TPSA) is 38.7 Å². The Labute approximate surface area is 148 Å². The molecule has 2 atom stereocenters. The molecule has 2 aromatic carbocycles. The van der Waals surface area contributed by atoms with E-state index in [4.69, 9.17) is 26.2 Å². The second-order valence-corrected chi connectivity index (χ2v) is 6.39. The quantitative estimate of drug-likeness (QED) is 0.777. The van der Waals surface area contributed by atoms with Gasteiger partial charge in [0.2, 0.25) is 0 Å². The Morgan fingerprint density at radius 2 is 2.00 bits per heavy atom. The first-order chi connectivity index (χ1) is 11.7. The van der Waals surface area contributed by atoms with E-state index in [-0.39, 0.29) is 18.8 Å². The summed E-state index contributed by atoms with van der Waals surface area (Å²) in [6.07, 6.45) is 2.50. The van der Waals surface area contributed by atoms with Gasteiger partial charge < -0.3 is 14.6 Å². The van der Waals surface area contributed by atoms with Gasteiger partial charge in [-0.25, -0.2) is 0 Å². The standard InChI is InChI=1S/C20H23ClO3/c1-2-23-19(12-13-22)14-6-8-15(9-7-14)24-20-11-10-16-17(20)4-3-5-18(16)21/h3-9,19-20,22H,2,10-13H2,1H3/t19-,20+/m0/s1. The minimum absolute atomic E-state index is 0.0599. The van der Waals surface area contributed by atoms with Gasteiger partial charge in [0, 0.05) is 24.7 Å². The molecule has 128 valence electrons. The Kier molecular flexibility index (Phi) is 5.77. The summed E-state index contributed by atoms with van der Waals surface area (Å²) < 4.78 is 11.8. The van der Waals surface area contributed by atoms with E-state index in [1.165, 1.54) is 11.1 Å². The molecule has 0 radical (unpaired) electrons. The van der Waals surface area contributed by atoms with Gasteiger partial charge in [-0.1, -0.05) is 35.9 Å². The van der Waals surface area contributed by atoms with Crippen LogP contribution in [-0.4, -0.2) is 18.3 Å². The van der Waals surface area contributed by atoms with Crippen LogP contribution in [0.25, 0.3) is 0 Å². The second-order valence-electron chi connectivity index (χ2n) is 5.98. The summed E-state index contributed by atoms with van der Waals surface area (Å²) in [5, 5.41) is 10.00. The number of halogens is 1. The first-order valence-electron chi connectivity index (χ1n) is 8.49. The Bertz CT molecular complexity index is 663. The van der Waals surface area contributed by atoms with E-state index in [1.54, 1.807) is 0 Å². The van der Waals surface area contributed by atoms with E-state index in [1.807, 2.05) is 43.3 Å². The average molecular weight is 347 g/mol. The van der Waals surface area contributed by atoms with Crippen molar-refractivity contribution in [2.24, 2.45) is 0 Å². The molecule has 0 amide bonds. The van der Waals surface area contributed by atoms with Crippen molar-refractivity contribution < 1.29 is 14.6 Å². The molecule has 0 spiro atoms. The maximum Gasteiger partial charge on any atom is 0.124 e. The first kappa shape index (κ1) is 17.3. The van der Waals surface area contributed by atoms with E-state index < -0.39 is 0 Å². The fraction of sp³-hybridized carbons (Fsp3) is 0.400. The molecule has 0 bridgehead atoms. The third kappa shape index (κ3) is 3.75. The molecule has 0 fully saturated rings. The van der Waals surface area contributed by atoms with Gasteiger partial charge in [-0.15, -0.1) is 0 Å². The maximum atomic E-state index is 9.17. The van der Waals surface area contributed by atoms with Crippen molar-refractivity contribution in [3.05, 3.63) is 64.2 Å². The molecule has 0 unspecified atom stereocenters. The number of rotatable bonds is 7. The Morgan fingerprint density at radius 3 is 2.71 bits per heavy atom. The zero-order chi connectivity index (χ0) is 16.9. The third-order valence-corrected chi connectivity index (χ3v) is 4.80. The summed E-state index contributed by atoms with van der Waals surface area (Å²) in [7, 11) is 0. The van der Waals surface area contributed by atoms with Crippen molar-refractivity contribution in [2.45, 2.75) is 38.4 Å². The van der Waals surface area contributed by atoms with E-state index in [0.717, 1.165) is 29.2 Å². The van der Waals surface area contributed by atoms with E-state index >= 15 is 0 Å². The average Bonchev–Trinajstić information content (AvgIpc) is 3.00. The molecule has 0 aliphatic heterocycles. The highest BCUT2D eigenvalue weighted by Gasteiger charge is 2.25. The predicted molar refractivity (Wildman–Crippen MR) is 95.7 cm³/mol. The summed E-state index contributed by atoms with van der Waals surface area (Å²) in [5.41, 5.74) is 3.47. The van der Waals surface area contributed by atoms with Crippen LogP contribution in [0.5, 0.6) is 5.75 Å². The predicted octanol–water partition coefficient (Wildman–Crippen LogP) is 4.87. The molecule has 3 rings (SSSR count). The normalized spacial score (nSPS) is 17.5. The van der Waals surface area contributed by atoms with Crippen LogP contribution >= 0.6 is 11.6 Å². The maximum absolute atomic E-state index is 9.17. The molecule has 0 heterocycles. The minimum Gasteiger partial charge on any atom is -0.486 e. The van der Waals surface area contributed by atoms with E-state index in [9.17, 15) is 0 Å². The lowest BCUT2D eigenvalue weighted by atomic mass is 10.1. The van der Waals surface area contributed by atoms with Crippen LogP contribution in [0.15, 0.2) is 42.5 Å². The largest absolute Gasteiger partial charge is 0.486 e. The van der Waals surface area contributed by atoms with Crippen molar-refractivity contribution in [2.75, 3.05) is 13.2 Å². The molecular formula is C20H23ClO3. The van der Waals surface area contributed by atoms with Gasteiger partial charge in [0.1, 0.15) is 11.9 Å². The highest BCUT2D eigenvalue weighted by molar-refractivity contribution is 6.31. The number of ether oxygens (including phenoxy) is 2. The van der Waals surface area contributed by atoms with Gasteiger partial charge in [0.15, 0.2) is 0 Å². The number of hydrogen-bond donors (Lipinski definition) is 1. The van der Waals surface area contributed by atoms with Gasteiger partial charge in [0.05, 0.1) is 6.10 Å². The molecule has 1 aliphatic carbocycles. The summed E-state index contributed by atoms with van der Waals surface area (Å²) in [4.78, 5) is 0. The third-order valence-electron chi connectivity index (χ3n) is 4.45. The van der Waals surface area contributed by atoms with Crippen molar-refractivity contribution in [1.29, 1.82) is 0 Å². The molecule has 0 saturated carbocycles. The Hall–Kier alpha value is -1.55. The SMILES string of the molecule is CCO[C@@H](CCO)c1ccc(O[C@@H]2CCc3c(Cl)cccc32)cc1. The molecule has 1 N–H and O–H groups in total. The molecule has 0 aromatic heterocycles. The van der Waals surface area contributed by atoms with Gasteiger partial charge in [-0.2, -0.15) is 0 Å². The molecule has 1 aliphatic rings.